The molecule has 3 aliphatic heterocycles. The minimum atomic E-state index is -0.621. The monoisotopic (exact) mass is 413 g/mol. The van der Waals surface area contributed by atoms with Gasteiger partial charge in [-0.05, 0) is 19.1 Å². The molecule has 2 aromatic heterocycles. The maximum atomic E-state index is 13.3. The Hall–Kier alpha value is -2.98. The molecule has 1 unspecified atom stereocenters. The summed E-state index contributed by atoms with van der Waals surface area (Å²) in [5.74, 6) is 1.68. The largest absolute Gasteiger partial charge is 0.466 e. The van der Waals surface area contributed by atoms with Crippen molar-refractivity contribution < 1.29 is 23.3 Å². The number of carbonyl (C=O) groups excluding carboxylic acids is 2. The lowest BCUT2D eigenvalue weighted by Crippen LogP contribution is -2.63. The van der Waals surface area contributed by atoms with Crippen LogP contribution in [-0.2, 0) is 16.1 Å². The predicted octanol–water partition coefficient (Wildman–Crippen LogP) is 0.536. The summed E-state index contributed by atoms with van der Waals surface area (Å²) < 4.78 is 14.7. The lowest BCUT2D eigenvalue weighted by atomic mass is 10.1. The highest BCUT2D eigenvalue weighted by Gasteiger charge is 2.53. The smallest absolute Gasteiger partial charge is 0.402 e. The Bertz CT molecular complexity index is 1000. The van der Waals surface area contributed by atoms with E-state index < -0.39 is 6.04 Å². The van der Waals surface area contributed by atoms with Crippen molar-refractivity contribution in [2.24, 2.45) is 4.99 Å². The summed E-state index contributed by atoms with van der Waals surface area (Å²) in [7, 11) is 1.68. The molecule has 10 heteroatoms. The van der Waals surface area contributed by atoms with Crippen molar-refractivity contribution in [1.29, 1.82) is 0 Å². The first-order chi connectivity index (χ1) is 14.5. The van der Waals surface area contributed by atoms with Gasteiger partial charge in [-0.15, -0.1) is 0 Å². The molecule has 5 rings (SSSR count). The van der Waals surface area contributed by atoms with Gasteiger partial charge in [-0.1, -0.05) is 4.99 Å². The number of fused-ring (bicyclic) bond motifs is 3. The quantitative estimate of drug-likeness (QED) is 0.668. The Morgan fingerprint density at radius 3 is 2.77 bits per heavy atom. The van der Waals surface area contributed by atoms with Gasteiger partial charge < -0.3 is 9.15 Å². The van der Waals surface area contributed by atoms with Crippen molar-refractivity contribution in [2.75, 3.05) is 46.4 Å². The van der Waals surface area contributed by atoms with Gasteiger partial charge >= 0.3 is 12.0 Å². The van der Waals surface area contributed by atoms with E-state index in [0.717, 1.165) is 24.5 Å². The second-order valence-corrected chi connectivity index (χ2v) is 7.80. The molecule has 5 heterocycles. The lowest BCUT2D eigenvalue weighted by Gasteiger charge is -2.35. The first-order valence-electron chi connectivity index (χ1n) is 10.2. The highest BCUT2D eigenvalue weighted by molar-refractivity contribution is 6.19. The number of amidine groups is 1. The molecule has 2 saturated heterocycles. The summed E-state index contributed by atoms with van der Waals surface area (Å²) in [6.45, 7) is 6.48. The predicted molar refractivity (Wildman–Crippen MR) is 105 cm³/mol. The van der Waals surface area contributed by atoms with Crippen LogP contribution in [0.25, 0.3) is 0 Å². The van der Waals surface area contributed by atoms with E-state index in [-0.39, 0.29) is 11.9 Å². The van der Waals surface area contributed by atoms with Crippen LogP contribution in [0.1, 0.15) is 17.5 Å². The third-order valence-electron chi connectivity index (χ3n) is 5.96. The number of nitrogens with zero attached hydrogens (tertiary/aromatic N) is 6. The third kappa shape index (κ3) is 3.03. The number of likely N-dealkylation sites (N-methyl/N-ethyl adjacent to an activating group) is 1. The van der Waals surface area contributed by atoms with Crippen LogP contribution >= 0.6 is 0 Å². The molecule has 3 amide bonds. The maximum absolute atomic E-state index is 13.3. The van der Waals surface area contributed by atoms with Crippen molar-refractivity contribution in [3.05, 3.63) is 36.0 Å². The number of aromatic nitrogens is 2. The Labute approximate surface area is 173 Å². The highest BCUT2D eigenvalue weighted by Crippen LogP contribution is 2.29. The van der Waals surface area contributed by atoms with E-state index in [9.17, 15) is 9.59 Å². The van der Waals surface area contributed by atoms with E-state index >= 15 is 0 Å². The van der Waals surface area contributed by atoms with Crippen molar-refractivity contribution in [3.8, 4) is 0 Å². The molecule has 0 N–H and O–H groups in total. The summed E-state index contributed by atoms with van der Waals surface area (Å²) in [6.07, 6.45) is 3.55. The van der Waals surface area contributed by atoms with E-state index in [1.807, 2.05) is 34.4 Å². The molecule has 0 aromatic carbocycles. The SMILES string of the molecule is Cc1c[n+]2c(n1Cc1ccco1)N=C1C2C(=O)N(CCN2CCOCC2)C(=O)N1C. The number of rotatable bonds is 5. The molecule has 158 valence electrons. The Morgan fingerprint density at radius 2 is 2.03 bits per heavy atom. The minimum Gasteiger partial charge on any atom is -0.466 e. The van der Waals surface area contributed by atoms with Crippen LogP contribution < -0.4 is 4.57 Å². The number of imide groups is 1. The van der Waals surface area contributed by atoms with Crippen LogP contribution in [0, 0.1) is 6.92 Å². The van der Waals surface area contributed by atoms with Gasteiger partial charge in [0, 0.05) is 33.2 Å². The molecule has 1 atom stereocenters. The van der Waals surface area contributed by atoms with Crippen LogP contribution in [-0.4, -0.2) is 83.5 Å². The normalized spacial score (nSPS) is 21.8. The number of furan rings is 1. The van der Waals surface area contributed by atoms with Crippen LogP contribution in [0.4, 0.5) is 10.7 Å². The molecule has 0 saturated carbocycles. The zero-order chi connectivity index (χ0) is 20.8. The van der Waals surface area contributed by atoms with Gasteiger partial charge in [0.25, 0.3) is 5.91 Å². The molecule has 0 radical (unpaired) electrons. The first-order valence-corrected chi connectivity index (χ1v) is 10.2. The standard InChI is InChI=1S/C20H25N6O4/c1-14-12-26-16-17(21-19(26)25(14)13-15-4-3-9-30-15)22(2)20(28)24(18(16)27)6-5-23-7-10-29-11-8-23/h3-4,9,12,16H,5-8,10-11,13H2,1-2H3/q+1. The molecular formula is C20H25N6O4+. The molecule has 10 nitrogen and oxygen atoms in total. The maximum Gasteiger partial charge on any atom is 0.402 e. The highest BCUT2D eigenvalue weighted by atomic mass is 16.5. The number of urea groups is 1. The van der Waals surface area contributed by atoms with Crippen LogP contribution in [0.5, 0.6) is 0 Å². The van der Waals surface area contributed by atoms with Gasteiger partial charge in [0.05, 0.1) is 19.5 Å². The number of imidazole rings is 1. The lowest BCUT2D eigenvalue weighted by molar-refractivity contribution is -0.677. The van der Waals surface area contributed by atoms with Crippen molar-refractivity contribution in [3.63, 3.8) is 0 Å². The Balaban J connectivity index is 1.41. The number of carbonyl (C=O) groups is 2. The number of hydrogen-bond donors (Lipinski definition) is 0. The summed E-state index contributed by atoms with van der Waals surface area (Å²) >= 11 is 0. The second-order valence-electron chi connectivity index (χ2n) is 7.80. The average molecular weight is 413 g/mol. The summed E-state index contributed by atoms with van der Waals surface area (Å²) in [6, 6.07) is 2.79. The van der Waals surface area contributed by atoms with Crippen LogP contribution in [0.15, 0.2) is 34.0 Å². The zero-order valence-electron chi connectivity index (χ0n) is 17.2. The topological polar surface area (TPSA) is 87.4 Å². The van der Waals surface area contributed by atoms with E-state index in [0.29, 0.717) is 44.6 Å². The molecule has 0 aliphatic carbocycles. The van der Waals surface area contributed by atoms with Crippen LogP contribution in [0.3, 0.4) is 0 Å². The summed E-state index contributed by atoms with van der Waals surface area (Å²) in [5, 5.41) is 0. The Morgan fingerprint density at radius 1 is 1.23 bits per heavy atom. The molecule has 3 aliphatic rings. The molecule has 30 heavy (non-hydrogen) atoms. The van der Waals surface area contributed by atoms with Gasteiger partial charge in [0.2, 0.25) is 11.9 Å². The fourth-order valence-corrected chi connectivity index (χ4v) is 4.26. The van der Waals surface area contributed by atoms with E-state index in [4.69, 9.17) is 9.15 Å². The van der Waals surface area contributed by atoms with Gasteiger partial charge in [0.1, 0.15) is 24.2 Å². The van der Waals surface area contributed by atoms with E-state index in [2.05, 4.69) is 9.89 Å². The van der Waals surface area contributed by atoms with Crippen molar-refractivity contribution in [2.45, 2.75) is 19.5 Å². The molecule has 0 bridgehead atoms. The summed E-state index contributed by atoms with van der Waals surface area (Å²) in [4.78, 5) is 36.0. The number of hydrogen-bond acceptors (Lipinski definition) is 6. The van der Waals surface area contributed by atoms with E-state index in [1.54, 1.807) is 13.3 Å². The van der Waals surface area contributed by atoms with Gasteiger partial charge in [0.15, 0.2) is 0 Å². The first kappa shape index (κ1) is 19.0. The second kappa shape index (κ2) is 7.37. The summed E-state index contributed by atoms with van der Waals surface area (Å²) in [5.41, 5.74) is 0.969. The number of ether oxygens (including phenoxy) is 1. The average Bonchev–Trinajstić information content (AvgIpc) is 3.45. The zero-order valence-corrected chi connectivity index (χ0v) is 17.2. The number of amides is 3. The molecular weight excluding hydrogens is 388 g/mol. The number of morpholine rings is 1. The van der Waals surface area contributed by atoms with Crippen LogP contribution in [0.2, 0.25) is 0 Å². The van der Waals surface area contributed by atoms with Gasteiger partial charge in [-0.3, -0.25) is 19.5 Å². The fraction of sp³-hybridized carbons (Fsp3) is 0.500. The van der Waals surface area contributed by atoms with Gasteiger partial charge in [-0.25, -0.2) is 13.9 Å². The molecule has 0 spiro atoms. The fourth-order valence-electron chi connectivity index (χ4n) is 4.26. The molecule has 2 fully saturated rings. The Kier molecular flexibility index (Phi) is 4.67. The number of aryl methyl sites for hydroxylation is 1. The van der Waals surface area contributed by atoms with Crippen molar-refractivity contribution >= 4 is 23.7 Å². The minimum absolute atomic E-state index is 0.232. The third-order valence-corrected chi connectivity index (χ3v) is 5.96. The number of aliphatic imine (C=N–C) groups is 1. The van der Waals surface area contributed by atoms with Gasteiger partial charge in [-0.2, -0.15) is 0 Å². The van der Waals surface area contributed by atoms with E-state index in [1.165, 1.54) is 9.80 Å². The molecule has 2 aromatic rings. The van der Waals surface area contributed by atoms with Crippen molar-refractivity contribution in [1.82, 2.24) is 19.3 Å².